The summed E-state index contributed by atoms with van der Waals surface area (Å²) in [5.41, 5.74) is 0.630. The van der Waals surface area contributed by atoms with Crippen LogP contribution in [0.1, 0.15) is 37.6 Å². The van der Waals surface area contributed by atoms with E-state index in [2.05, 4.69) is 10.6 Å². The lowest BCUT2D eigenvalue weighted by atomic mass is 10.0. The van der Waals surface area contributed by atoms with Crippen molar-refractivity contribution >= 4 is 17.5 Å². The standard InChI is InChI=1S/C20H22F2N2O3/c1-4-20(2,3)24-19(26)13-5-8-15(9-6-13)23-18(25)12-27-17-10-7-14(21)11-16(17)22/h5-11H,4,12H2,1-3H3,(H,23,25)(H,24,26). The van der Waals surface area contributed by atoms with Crippen LogP contribution in [0.15, 0.2) is 42.5 Å². The number of hydrogen-bond donors (Lipinski definition) is 2. The van der Waals surface area contributed by atoms with E-state index in [-0.39, 0.29) is 17.2 Å². The number of rotatable bonds is 7. The predicted octanol–water partition coefficient (Wildman–Crippen LogP) is 3.90. The lowest BCUT2D eigenvalue weighted by molar-refractivity contribution is -0.118. The number of hydrogen-bond acceptors (Lipinski definition) is 3. The molecule has 2 N–H and O–H groups in total. The average molecular weight is 376 g/mol. The number of carbonyl (C=O) groups is 2. The molecule has 0 unspecified atom stereocenters. The third-order valence-corrected chi connectivity index (χ3v) is 4.02. The Balaban J connectivity index is 1.90. The second-order valence-electron chi connectivity index (χ2n) is 6.68. The molecule has 27 heavy (non-hydrogen) atoms. The Kier molecular flexibility index (Phi) is 6.50. The van der Waals surface area contributed by atoms with Gasteiger partial charge in [0.1, 0.15) is 5.82 Å². The molecule has 7 heteroatoms. The lowest BCUT2D eigenvalue weighted by Gasteiger charge is -2.24. The van der Waals surface area contributed by atoms with Gasteiger partial charge in [-0.05, 0) is 56.7 Å². The third-order valence-electron chi connectivity index (χ3n) is 4.02. The second kappa shape index (κ2) is 8.62. The molecule has 0 fully saturated rings. The van der Waals surface area contributed by atoms with Crippen molar-refractivity contribution < 1.29 is 23.1 Å². The minimum atomic E-state index is -0.881. The van der Waals surface area contributed by atoms with Crippen molar-refractivity contribution in [2.24, 2.45) is 0 Å². The first-order valence-corrected chi connectivity index (χ1v) is 8.50. The smallest absolute Gasteiger partial charge is 0.262 e. The van der Waals surface area contributed by atoms with Gasteiger partial charge in [0.25, 0.3) is 11.8 Å². The Morgan fingerprint density at radius 2 is 1.74 bits per heavy atom. The summed E-state index contributed by atoms with van der Waals surface area (Å²) in [5.74, 6) is -2.53. The van der Waals surface area contributed by atoms with Gasteiger partial charge in [-0.2, -0.15) is 0 Å². The quantitative estimate of drug-likeness (QED) is 0.770. The van der Waals surface area contributed by atoms with Gasteiger partial charge >= 0.3 is 0 Å². The molecule has 2 rings (SSSR count). The van der Waals surface area contributed by atoms with Crippen LogP contribution in [0, 0.1) is 11.6 Å². The summed E-state index contributed by atoms with van der Waals surface area (Å²) in [6.07, 6.45) is 0.793. The Labute approximate surface area is 156 Å². The molecule has 0 bridgehead atoms. The zero-order chi connectivity index (χ0) is 20.0. The number of nitrogens with one attached hydrogen (secondary N) is 2. The molecule has 2 aromatic rings. The van der Waals surface area contributed by atoms with Crippen LogP contribution in [0.2, 0.25) is 0 Å². The Morgan fingerprint density at radius 1 is 1.07 bits per heavy atom. The first-order valence-electron chi connectivity index (χ1n) is 8.50. The van der Waals surface area contributed by atoms with Crippen LogP contribution in [0.25, 0.3) is 0 Å². The third kappa shape index (κ3) is 6.06. The summed E-state index contributed by atoms with van der Waals surface area (Å²) >= 11 is 0. The van der Waals surface area contributed by atoms with E-state index in [1.165, 1.54) is 0 Å². The molecule has 0 aromatic heterocycles. The van der Waals surface area contributed by atoms with Gasteiger partial charge in [0.05, 0.1) is 0 Å². The molecular weight excluding hydrogens is 354 g/mol. The van der Waals surface area contributed by atoms with Crippen molar-refractivity contribution in [2.75, 3.05) is 11.9 Å². The molecular formula is C20H22F2N2O3. The minimum Gasteiger partial charge on any atom is -0.481 e. The van der Waals surface area contributed by atoms with Crippen LogP contribution in [-0.2, 0) is 4.79 Å². The van der Waals surface area contributed by atoms with Crippen LogP contribution < -0.4 is 15.4 Å². The summed E-state index contributed by atoms with van der Waals surface area (Å²) in [5, 5.41) is 5.50. The highest BCUT2D eigenvalue weighted by atomic mass is 19.1. The molecule has 0 saturated carbocycles. The van der Waals surface area contributed by atoms with E-state index in [0.29, 0.717) is 17.3 Å². The van der Waals surface area contributed by atoms with Crippen LogP contribution in [0.5, 0.6) is 5.75 Å². The van der Waals surface area contributed by atoms with Gasteiger partial charge in [0.15, 0.2) is 18.2 Å². The van der Waals surface area contributed by atoms with Gasteiger partial charge in [-0.3, -0.25) is 9.59 Å². The molecule has 5 nitrogen and oxygen atoms in total. The van der Waals surface area contributed by atoms with Gasteiger partial charge in [-0.15, -0.1) is 0 Å². The molecule has 2 amide bonds. The van der Waals surface area contributed by atoms with E-state index in [1.807, 2.05) is 20.8 Å². The van der Waals surface area contributed by atoms with Gasteiger partial charge in [0, 0.05) is 22.9 Å². The Morgan fingerprint density at radius 3 is 2.33 bits per heavy atom. The summed E-state index contributed by atoms with van der Waals surface area (Å²) in [6, 6.07) is 9.20. The van der Waals surface area contributed by atoms with Crippen LogP contribution in [0.3, 0.4) is 0 Å². The normalized spacial score (nSPS) is 11.0. The number of amides is 2. The van der Waals surface area contributed by atoms with Gasteiger partial charge in [0.2, 0.25) is 0 Å². The molecule has 0 aliphatic rings. The monoisotopic (exact) mass is 376 g/mol. The van der Waals surface area contributed by atoms with Crippen LogP contribution in [-0.4, -0.2) is 24.0 Å². The van der Waals surface area contributed by atoms with E-state index in [1.54, 1.807) is 24.3 Å². The van der Waals surface area contributed by atoms with E-state index < -0.39 is 24.1 Å². The van der Waals surface area contributed by atoms with Crippen molar-refractivity contribution in [1.82, 2.24) is 5.32 Å². The molecule has 0 atom stereocenters. The number of halogens is 2. The zero-order valence-electron chi connectivity index (χ0n) is 15.4. The SMILES string of the molecule is CCC(C)(C)NC(=O)c1ccc(NC(=O)COc2ccc(F)cc2F)cc1. The highest BCUT2D eigenvalue weighted by Crippen LogP contribution is 2.18. The van der Waals surface area contributed by atoms with E-state index in [0.717, 1.165) is 18.6 Å². The van der Waals surface area contributed by atoms with Crippen LogP contribution >= 0.6 is 0 Å². The number of anilines is 1. The van der Waals surface area contributed by atoms with Crippen molar-refractivity contribution in [3.05, 3.63) is 59.7 Å². The number of benzene rings is 2. The summed E-state index contributed by atoms with van der Waals surface area (Å²) < 4.78 is 31.3. The van der Waals surface area contributed by atoms with Crippen LogP contribution in [0.4, 0.5) is 14.5 Å². The first kappa shape index (κ1) is 20.4. The van der Waals surface area contributed by atoms with Crippen molar-refractivity contribution in [1.29, 1.82) is 0 Å². The molecule has 0 spiro atoms. The molecule has 0 aliphatic heterocycles. The highest BCUT2D eigenvalue weighted by Gasteiger charge is 2.18. The average Bonchev–Trinajstić information content (AvgIpc) is 2.61. The Hall–Kier alpha value is -2.96. The fourth-order valence-corrected chi connectivity index (χ4v) is 2.11. The Bertz CT molecular complexity index is 820. The zero-order valence-corrected chi connectivity index (χ0v) is 15.4. The van der Waals surface area contributed by atoms with E-state index >= 15 is 0 Å². The predicted molar refractivity (Wildman–Crippen MR) is 98.8 cm³/mol. The van der Waals surface area contributed by atoms with Gasteiger partial charge in [-0.1, -0.05) is 6.92 Å². The van der Waals surface area contributed by atoms with Crippen molar-refractivity contribution in [2.45, 2.75) is 32.7 Å². The van der Waals surface area contributed by atoms with Crippen molar-refractivity contribution in [3.8, 4) is 5.75 Å². The molecule has 0 saturated heterocycles. The van der Waals surface area contributed by atoms with Gasteiger partial charge in [-0.25, -0.2) is 8.78 Å². The van der Waals surface area contributed by atoms with E-state index in [9.17, 15) is 18.4 Å². The fourth-order valence-electron chi connectivity index (χ4n) is 2.11. The number of ether oxygens (including phenoxy) is 1. The van der Waals surface area contributed by atoms with E-state index in [4.69, 9.17) is 4.74 Å². The summed E-state index contributed by atoms with van der Waals surface area (Å²) in [6.45, 7) is 5.42. The molecule has 0 aliphatic carbocycles. The largest absolute Gasteiger partial charge is 0.481 e. The highest BCUT2D eigenvalue weighted by molar-refractivity contribution is 5.96. The topological polar surface area (TPSA) is 67.4 Å². The molecule has 0 radical (unpaired) electrons. The second-order valence-corrected chi connectivity index (χ2v) is 6.68. The maximum absolute atomic E-state index is 13.5. The lowest BCUT2D eigenvalue weighted by Crippen LogP contribution is -2.42. The maximum atomic E-state index is 13.5. The minimum absolute atomic E-state index is 0.199. The maximum Gasteiger partial charge on any atom is 0.262 e. The molecule has 144 valence electrons. The fraction of sp³-hybridized carbons (Fsp3) is 0.300. The summed E-state index contributed by atoms with van der Waals surface area (Å²) in [4.78, 5) is 24.1. The van der Waals surface area contributed by atoms with Gasteiger partial charge < -0.3 is 15.4 Å². The summed E-state index contributed by atoms with van der Waals surface area (Å²) in [7, 11) is 0. The molecule has 2 aromatic carbocycles. The number of carbonyl (C=O) groups excluding carboxylic acids is 2. The van der Waals surface area contributed by atoms with Crippen molar-refractivity contribution in [3.63, 3.8) is 0 Å². The molecule has 0 heterocycles. The first-order chi connectivity index (χ1) is 12.7.